The van der Waals surface area contributed by atoms with Crippen LogP contribution in [0.15, 0.2) is 122 Å². The van der Waals surface area contributed by atoms with Crippen molar-refractivity contribution in [1.82, 2.24) is 5.32 Å². The highest BCUT2D eigenvalue weighted by Crippen LogP contribution is 2.43. The fraction of sp³-hybridized carbons (Fsp3) is 0.714. The molecule has 0 heterocycles. The lowest BCUT2D eigenvalue weighted by Crippen LogP contribution is -2.47. The first-order valence-electron chi connectivity index (χ1n) is 35.9. The first-order chi connectivity index (χ1) is 42.4. The van der Waals surface area contributed by atoms with Crippen molar-refractivity contribution < 1.29 is 37.3 Å². The molecule has 1 amide bonds. The van der Waals surface area contributed by atoms with E-state index < -0.39 is 20.0 Å². The van der Waals surface area contributed by atoms with Crippen molar-refractivity contribution in [1.29, 1.82) is 0 Å². The highest BCUT2D eigenvalue weighted by Gasteiger charge is 2.30. The predicted molar refractivity (Wildman–Crippen MR) is 378 cm³/mol. The molecule has 0 radical (unpaired) electrons. The fourth-order valence-electron chi connectivity index (χ4n) is 9.89. The van der Waals surface area contributed by atoms with E-state index in [1.807, 2.05) is 33.3 Å². The maximum Gasteiger partial charge on any atom is 0.472 e. The molecule has 0 aliphatic rings. The van der Waals surface area contributed by atoms with E-state index >= 15 is 0 Å². The number of unbranched alkanes of at least 4 members (excludes halogenated alkanes) is 30. The second-order valence-electron chi connectivity index (χ2n) is 25.0. The Hall–Kier alpha value is -3.59. The number of nitrogens with zero attached hydrogens (tertiary/aromatic N) is 1. The van der Waals surface area contributed by atoms with Gasteiger partial charge < -0.3 is 19.4 Å². The number of carbonyl (C=O) groups is 2. The Morgan fingerprint density at radius 3 is 1.13 bits per heavy atom. The van der Waals surface area contributed by atoms with Crippen LogP contribution in [0.1, 0.15) is 303 Å². The highest BCUT2D eigenvalue weighted by atomic mass is 31.2. The largest absolute Gasteiger partial charge is 0.472 e. The maximum absolute atomic E-state index is 13.6. The van der Waals surface area contributed by atoms with Gasteiger partial charge in [-0.25, -0.2) is 4.57 Å². The summed E-state index contributed by atoms with van der Waals surface area (Å²) in [6, 6.07) is -0.866. The zero-order valence-corrected chi connectivity index (χ0v) is 58.1. The highest BCUT2D eigenvalue weighted by molar-refractivity contribution is 7.47. The summed E-state index contributed by atoms with van der Waals surface area (Å²) >= 11 is 0. The van der Waals surface area contributed by atoms with E-state index in [1.165, 1.54) is 135 Å². The SMILES string of the molecule is CC/C=C\C/C=C\C/C=C\C/C=C\C/C=C\CCCCCCCCCCCC(=O)OC(/C=C/CCCCCCCCCCCCC)C(COP(=O)(O)OCC[N+](C)(C)C)NC(=O)CCCCCCCCC/C=C\C/C=C\C/C=C\C/C=C\CCCCC. The molecular weight excluding hydrogens is 1100 g/mol. The minimum atomic E-state index is -4.47. The van der Waals surface area contributed by atoms with Crippen LogP contribution in [0.25, 0.3) is 0 Å². The Morgan fingerprint density at radius 2 is 0.736 bits per heavy atom. The number of hydrogen-bond acceptors (Lipinski definition) is 6. The lowest BCUT2D eigenvalue weighted by atomic mass is 10.0. The van der Waals surface area contributed by atoms with Gasteiger partial charge in [-0.1, -0.05) is 290 Å². The molecule has 0 bridgehead atoms. The van der Waals surface area contributed by atoms with E-state index in [4.69, 9.17) is 13.8 Å². The molecule has 0 aliphatic carbocycles. The summed E-state index contributed by atoms with van der Waals surface area (Å²) in [6.45, 7) is 6.87. The number of allylic oxidation sites excluding steroid dienone is 19. The maximum atomic E-state index is 13.6. The molecule has 3 unspecified atom stereocenters. The van der Waals surface area contributed by atoms with Crippen molar-refractivity contribution in [3.8, 4) is 0 Å². The molecule has 2 N–H and O–H groups in total. The first-order valence-corrected chi connectivity index (χ1v) is 37.4. The summed E-state index contributed by atoms with van der Waals surface area (Å²) in [5.74, 6) is -0.525. The Bertz CT molecular complexity index is 1900. The van der Waals surface area contributed by atoms with Crippen LogP contribution in [0.5, 0.6) is 0 Å². The average Bonchev–Trinajstić information content (AvgIpc) is 3.70. The van der Waals surface area contributed by atoms with E-state index in [9.17, 15) is 19.0 Å². The van der Waals surface area contributed by atoms with Crippen molar-refractivity contribution in [2.75, 3.05) is 40.9 Å². The van der Waals surface area contributed by atoms with Crippen LogP contribution < -0.4 is 5.32 Å². The van der Waals surface area contributed by atoms with Crippen molar-refractivity contribution in [3.63, 3.8) is 0 Å². The van der Waals surface area contributed by atoms with E-state index in [0.29, 0.717) is 17.4 Å². The Morgan fingerprint density at radius 1 is 0.414 bits per heavy atom. The van der Waals surface area contributed by atoms with Crippen LogP contribution in [0.3, 0.4) is 0 Å². The molecule has 87 heavy (non-hydrogen) atoms. The van der Waals surface area contributed by atoms with Crippen LogP contribution in [-0.4, -0.2) is 74.3 Å². The molecule has 0 spiro atoms. The minimum absolute atomic E-state index is 0.0311. The van der Waals surface area contributed by atoms with Crippen LogP contribution in [0.2, 0.25) is 0 Å². The van der Waals surface area contributed by atoms with Gasteiger partial charge in [0.15, 0.2) is 0 Å². The van der Waals surface area contributed by atoms with Crippen LogP contribution in [0, 0.1) is 0 Å². The monoisotopic (exact) mass is 1230 g/mol. The zero-order valence-electron chi connectivity index (χ0n) is 57.2. The number of ether oxygens (including phenoxy) is 1. The third-order valence-corrected chi connectivity index (χ3v) is 16.4. The molecule has 0 aromatic carbocycles. The first kappa shape index (κ1) is 83.4. The molecule has 0 fully saturated rings. The molecular formula is C77H136N2O7P+. The molecule has 0 saturated carbocycles. The third-order valence-electron chi connectivity index (χ3n) is 15.4. The molecule has 3 atom stereocenters. The van der Waals surface area contributed by atoms with Crippen molar-refractivity contribution >= 4 is 19.7 Å². The van der Waals surface area contributed by atoms with Gasteiger partial charge in [-0.3, -0.25) is 18.6 Å². The van der Waals surface area contributed by atoms with Gasteiger partial charge in [0.25, 0.3) is 0 Å². The van der Waals surface area contributed by atoms with Gasteiger partial charge in [0.05, 0.1) is 33.8 Å². The smallest absolute Gasteiger partial charge is 0.456 e. The van der Waals surface area contributed by atoms with Gasteiger partial charge in [-0.2, -0.15) is 0 Å². The standard InChI is InChI=1S/C77H135N2O7P/c1-7-10-13-16-19-22-25-28-30-32-34-36-38-39-41-43-45-47-49-52-55-58-61-64-67-70-77(81)86-75(68-65-62-59-56-53-50-27-24-21-18-15-12-9-3)74(73-85-87(82,83)84-72-71-79(4,5)6)78-76(80)69-66-63-60-57-54-51-48-46-44-42-40-37-35-33-31-29-26-23-20-17-14-11-8-2/h10,13,19-20,22-23,28-31,34-37,39,41-42,44,65,68,74-75H,7-9,11-12,14-18,21,24-27,32-33,38,40,43,45-64,66-67,69-73H2,1-6H3,(H-,78,80,82,83)/p+1/b13-10-,22-19-,23-20-,30-28-,31-29-,36-34-,37-35-,41-39-,44-42-,68-65+. The number of hydrogen-bond donors (Lipinski definition) is 2. The molecule has 0 aromatic heterocycles. The molecule has 0 saturated heterocycles. The van der Waals surface area contributed by atoms with Crippen molar-refractivity contribution in [2.24, 2.45) is 0 Å². The van der Waals surface area contributed by atoms with E-state index in [1.54, 1.807) is 0 Å². The van der Waals surface area contributed by atoms with Gasteiger partial charge in [0, 0.05) is 12.8 Å². The number of carbonyl (C=O) groups excluding carboxylic acids is 2. The number of amides is 1. The second kappa shape index (κ2) is 65.4. The minimum Gasteiger partial charge on any atom is -0.456 e. The van der Waals surface area contributed by atoms with Crippen LogP contribution >= 0.6 is 7.82 Å². The Labute approximate surface area is 537 Å². The molecule has 0 aromatic rings. The summed E-state index contributed by atoms with van der Waals surface area (Å²) in [4.78, 5) is 38.0. The molecule has 0 rings (SSSR count). The Balaban J connectivity index is 5.16. The van der Waals surface area contributed by atoms with Gasteiger partial charge in [-0.15, -0.1) is 0 Å². The number of phosphoric acid groups is 1. The number of likely N-dealkylation sites (N-methyl/N-ethyl adjacent to an activating group) is 1. The predicted octanol–water partition coefficient (Wildman–Crippen LogP) is 23.0. The van der Waals surface area contributed by atoms with Gasteiger partial charge in [0.2, 0.25) is 5.91 Å². The lowest BCUT2D eigenvalue weighted by Gasteiger charge is -2.27. The van der Waals surface area contributed by atoms with E-state index in [0.717, 1.165) is 135 Å². The van der Waals surface area contributed by atoms with Gasteiger partial charge in [-0.05, 0) is 122 Å². The molecule has 10 heteroatoms. The summed E-state index contributed by atoms with van der Waals surface area (Å²) in [5.41, 5.74) is 0. The molecule has 0 aliphatic heterocycles. The normalized spacial score (nSPS) is 14.2. The van der Waals surface area contributed by atoms with Gasteiger partial charge >= 0.3 is 13.8 Å². The summed E-state index contributed by atoms with van der Waals surface area (Å²) in [6.07, 6.45) is 92.0. The molecule has 9 nitrogen and oxygen atoms in total. The summed E-state index contributed by atoms with van der Waals surface area (Å²) in [5, 5.41) is 3.06. The number of quaternary nitrogens is 1. The average molecular weight is 1230 g/mol. The van der Waals surface area contributed by atoms with Crippen molar-refractivity contribution in [2.45, 2.75) is 315 Å². The topological polar surface area (TPSA) is 111 Å². The zero-order chi connectivity index (χ0) is 63.5. The number of phosphoric ester groups is 1. The van der Waals surface area contributed by atoms with E-state index in [2.05, 4.69) is 135 Å². The van der Waals surface area contributed by atoms with Crippen molar-refractivity contribution in [3.05, 3.63) is 122 Å². The Kier molecular flexibility index (Phi) is 62.7. The quantitative estimate of drug-likeness (QED) is 0.0205. The third kappa shape index (κ3) is 66.7. The number of nitrogens with one attached hydrogen (secondary N) is 1. The number of esters is 1. The molecule has 500 valence electrons. The lowest BCUT2D eigenvalue weighted by molar-refractivity contribution is -0.870. The second-order valence-corrected chi connectivity index (χ2v) is 26.5. The van der Waals surface area contributed by atoms with Gasteiger partial charge in [0.1, 0.15) is 19.3 Å². The van der Waals surface area contributed by atoms with Crippen LogP contribution in [-0.2, 0) is 27.9 Å². The number of rotatable bonds is 64. The summed E-state index contributed by atoms with van der Waals surface area (Å²) in [7, 11) is 1.47. The van der Waals surface area contributed by atoms with E-state index in [-0.39, 0.29) is 31.5 Å². The summed E-state index contributed by atoms with van der Waals surface area (Å²) < 4.78 is 30.8. The van der Waals surface area contributed by atoms with Crippen LogP contribution in [0.4, 0.5) is 0 Å². The fourth-order valence-corrected chi connectivity index (χ4v) is 10.6.